The van der Waals surface area contributed by atoms with Crippen LogP contribution in [0.3, 0.4) is 0 Å². The molecule has 7 heteroatoms. The van der Waals surface area contributed by atoms with Crippen molar-refractivity contribution in [3.8, 4) is 6.07 Å². The van der Waals surface area contributed by atoms with E-state index in [0.29, 0.717) is 24.7 Å². The molecule has 6 nitrogen and oxygen atoms in total. The Morgan fingerprint density at radius 1 is 1.50 bits per heavy atom. The van der Waals surface area contributed by atoms with Gasteiger partial charge in [0.2, 0.25) is 10.0 Å². The highest BCUT2D eigenvalue weighted by Gasteiger charge is 2.26. The van der Waals surface area contributed by atoms with Gasteiger partial charge in [-0.2, -0.15) is 5.26 Å². The Balaban J connectivity index is 2.00. The van der Waals surface area contributed by atoms with Crippen molar-refractivity contribution in [2.45, 2.75) is 23.8 Å². The topological polar surface area (TPSA) is 99.2 Å². The maximum Gasteiger partial charge on any atom is 0.242 e. The van der Waals surface area contributed by atoms with E-state index in [2.05, 4.69) is 9.62 Å². The van der Waals surface area contributed by atoms with Gasteiger partial charge in [0.1, 0.15) is 4.90 Å². The van der Waals surface area contributed by atoms with Crippen molar-refractivity contribution in [3.63, 3.8) is 0 Å². The third-order valence-corrected chi connectivity index (χ3v) is 4.89. The number of rotatable bonds is 6. The highest BCUT2D eigenvalue weighted by atomic mass is 32.2. The van der Waals surface area contributed by atoms with Crippen LogP contribution >= 0.6 is 0 Å². The number of nitrogen functional groups attached to an aromatic ring is 1. The summed E-state index contributed by atoms with van der Waals surface area (Å²) in [5.74, 6) is 0. The Bertz CT molecular complexity index is 632. The molecule has 0 radical (unpaired) electrons. The molecule has 0 bridgehead atoms. The van der Waals surface area contributed by atoms with E-state index >= 15 is 0 Å². The van der Waals surface area contributed by atoms with Crippen molar-refractivity contribution < 1.29 is 8.42 Å². The number of benzene rings is 1. The first-order valence-corrected chi connectivity index (χ1v) is 7.92. The van der Waals surface area contributed by atoms with E-state index < -0.39 is 10.0 Å². The van der Waals surface area contributed by atoms with E-state index in [-0.39, 0.29) is 10.6 Å². The summed E-state index contributed by atoms with van der Waals surface area (Å²) in [6.07, 6.45) is 2.37. The van der Waals surface area contributed by atoms with Crippen LogP contribution in [0.4, 0.5) is 5.69 Å². The Morgan fingerprint density at radius 2 is 2.20 bits per heavy atom. The van der Waals surface area contributed by atoms with Crippen LogP contribution in [0.1, 0.15) is 18.4 Å². The molecule has 20 heavy (non-hydrogen) atoms. The Hall–Kier alpha value is -1.62. The van der Waals surface area contributed by atoms with Gasteiger partial charge in [0.25, 0.3) is 0 Å². The van der Waals surface area contributed by atoms with E-state index in [1.807, 2.05) is 13.1 Å². The van der Waals surface area contributed by atoms with E-state index in [1.54, 1.807) is 0 Å². The van der Waals surface area contributed by atoms with Crippen molar-refractivity contribution in [1.29, 1.82) is 5.26 Å². The fourth-order valence-corrected chi connectivity index (χ4v) is 3.13. The number of sulfonamides is 1. The lowest BCUT2D eigenvalue weighted by Crippen LogP contribution is -2.34. The van der Waals surface area contributed by atoms with Crippen molar-refractivity contribution >= 4 is 15.7 Å². The lowest BCUT2D eigenvalue weighted by Gasteiger charge is -2.16. The van der Waals surface area contributed by atoms with Crippen molar-refractivity contribution in [2.75, 3.05) is 25.9 Å². The number of nitrogens with one attached hydrogen (secondary N) is 1. The molecule has 0 amide bonds. The first-order chi connectivity index (χ1) is 9.44. The summed E-state index contributed by atoms with van der Waals surface area (Å²) in [5, 5.41) is 8.74. The van der Waals surface area contributed by atoms with Crippen LogP contribution in [-0.4, -0.2) is 39.5 Å². The van der Waals surface area contributed by atoms with Crippen LogP contribution in [0.15, 0.2) is 23.1 Å². The first kappa shape index (κ1) is 14.8. The number of hydrogen-bond acceptors (Lipinski definition) is 5. The molecule has 0 unspecified atom stereocenters. The van der Waals surface area contributed by atoms with E-state index in [0.717, 1.165) is 0 Å². The zero-order valence-corrected chi connectivity index (χ0v) is 12.2. The van der Waals surface area contributed by atoms with Gasteiger partial charge in [-0.15, -0.1) is 0 Å². The van der Waals surface area contributed by atoms with Crippen LogP contribution < -0.4 is 10.5 Å². The Labute approximate surface area is 119 Å². The molecule has 1 aromatic carbocycles. The predicted molar refractivity (Wildman–Crippen MR) is 76.4 cm³/mol. The average Bonchev–Trinajstić information content (AvgIpc) is 3.22. The molecule has 0 aliphatic heterocycles. The summed E-state index contributed by atoms with van der Waals surface area (Å²) < 4.78 is 26.8. The molecule has 108 valence electrons. The summed E-state index contributed by atoms with van der Waals surface area (Å²) in [6, 6.07) is 6.69. The summed E-state index contributed by atoms with van der Waals surface area (Å²) in [6.45, 7) is 1.01. The largest absolute Gasteiger partial charge is 0.398 e. The molecular formula is C13H18N4O2S. The van der Waals surface area contributed by atoms with Crippen LogP contribution in [-0.2, 0) is 10.0 Å². The van der Waals surface area contributed by atoms with E-state index in [1.165, 1.54) is 31.0 Å². The van der Waals surface area contributed by atoms with Gasteiger partial charge in [-0.05, 0) is 38.1 Å². The zero-order chi connectivity index (χ0) is 14.8. The number of nitriles is 1. The molecule has 1 aliphatic carbocycles. The maximum atomic E-state index is 12.1. The van der Waals surface area contributed by atoms with Gasteiger partial charge in [-0.25, -0.2) is 13.1 Å². The Morgan fingerprint density at radius 3 is 2.75 bits per heavy atom. The third-order valence-electron chi connectivity index (χ3n) is 3.36. The molecule has 1 saturated carbocycles. The number of nitrogens with two attached hydrogens (primary N) is 1. The average molecular weight is 294 g/mol. The van der Waals surface area contributed by atoms with Crippen molar-refractivity contribution in [3.05, 3.63) is 23.8 Å². The molecule has 3 N–H and O–H groups in total. The number of hydrogen-bond donors (Lipinski definition) is 2. The molecular weight excluding hydrogens is 276 g/mol. The minimum atomic E-state index is -3.63. The van der Waals surface area contributed by atoms with E-state index in [4.69, 9.17) is 11.0 Å². The fraction of sp³-hybridized carbons (Fsp3) is 0.462. The first-order valence-electron chi connectivity index (χ1n) is 6.43. The second-order valence-electron chi connectivity index (χ2n) is 4.97. The molecule has 0 atom stereocenters. The summed E-state index contributed by atoms with van der Waals surface area (Å²) in [4.78, 5) is 2.16. The minimum absolute atomic E-state index is 0.0191. The lowest BCUT2D eigenvalue weighted by atomic mass is 10.2. The van der Waals surface area contributed by atoms with Gasteiger partial charge in [0.15, 0.2) is 0 Å². The fourth-order valence-electron chi connectivity index (χ4n) is 1.99. The van der Waals surface area contributed by atoms with Crippen molar-refractivity contribution in [1.82, 2.24) is 9.62 Å². The third kappa shape index (κ3) is 3.48. The second-order valence-corrected chi connectivity index (χ2v) is 6.71. The van der Waals surface area contributed by atoms with Gasteiger partial charge in [-0.3, -0.25) is 0 Å². The molecule has 0 heterocycles. The highest BCUT2D eigenvalue weighted by Crippen LogP contribution is 2.24. The van der Waals surface area contributed by atoms with Crippen LogP contribution in [0, 0.1) is 11.3 Å². The number of nitrogens with zero attached hydrogens (tertiary/aromatic N) is 2. The van der Waals surface area contributed by atoms with Gasteiger partial charge in [0.05, 0.1) is 17.3 Å². The van der Waals surface area contributed by atoms with Gasteiger partial charge < -0.3 is 10.6 Å². The van der Waals surface area contributed by atoms with Gasteiger partial charge in [0, 0.05) is 19.1 Å². The number of anilines is 1. The van der Waals surface area contributed by atoms with E-state index in [9.17, 15) is 8.42 Å². The molecule has 0 spiro atoms. The Kier molecular flexibility index (Phi) is 4.28. The van der Waals surface area contributed by atoms with Gasteiger partial charge in [-0.1, -0.05) is 0 Å². The van der Waals surface area contributed by atoms with Crippen LogP contribution in [0.2, 0.25) is 0 Å². The van der Waals surface area contributed by atoms with Crippen molar-refractivity contribution in [2.24, 2.45) is 0 Å². The minimum Gasteiger partial charge on any atom is -0.398 e. The predicted octanol–water partition coefficient (Wildman–Crippen LogP) is 0.513. The summed E-state index contributed by atoms with van der Waals surface area (Å²) in [5.41, 5.74) is 6.12. The monoisotopic (exact) mass is 294 g/mol. The molecule has 0 saturated heterocycles. The lowest BCUT2D eigenvalue weighted by molar-refractivity contribution is 0.329. The molecule has 1 fully saturated rings. The molecule has 1 aliphatic rings. The van der Waals surface area contributed by atoms with Gasteiger partial charge >= 0.3 is 0 Å². The number of likely N-dealkylation sites (N-methyl/N-ethyl adjacent to an activating group) is 1. The smallest absolute Gasteiger partial charge is 0.242 e. The summed E-state index contributed by atoms with van der Waals surface area (Å²) in [7, 11) is -1.64. The quantitative estimate of drug-likeness (QED) is 0.745. The molecule has 2 rings (SSSR count). The highest BCUT2D eigenvalue weighted by molar-refractivity contribution is 7.89. The molecule has 1 aromatic rings. The maximum absolute atomic E-state index is 12.1. The second kappa shape index (κ2) is 5.79. The molecule has 0 aromatic heterocycles. The standard InChI is InChI=1S/C13H18N4O2S/c1-17(11-3-4-11)7-6-16-20(18,19)13-5-2-10(9-14)8-12(13)15/h2,5,8,11,16H,3-4,6-7,15H2,1H3. The van der Waals surface area contributed by atoms with Crippen LogP contribution in [0.25, 0.3) is 0 Å². The normalized spacial score (nSPS) is 15.2. The van der Waals surface area contributed by atoms with Crippen LogP contribution in [0.5, 0.6) is 0 Å². The summed E-state index contributed by atoms with van der Waals surface area (Å²) >= 11 is 0. The zero-order valence-electron chi connectivity index (χ0n) is 11.3. The SMILES string of the molecule is CN(CCNS(=O)(=O)c1ccc(C#N)cc1N)C1CC1.